The van der Waals surface area contributed by atoms with Gasteiger partial charge >= 0.3 is 7.55 Å². The summed E-state index contributed by atoms with van der Waals surface area (Å²) in [7, 11) is 2.00. The lowest BCUT2D eigenvalue weighted by atomic mass is 10.1. The van der Waals surface area contributed by atoms with E-state index < -0.39 is 0 Å². The van der Waals surface area contributed by atoms with Gasteiger partial charge in [0.25, 0.3) is 0 Å². The number of hydrogen-bond acceptors (Lipinski definition) is 5. The maximum absolute atomic E-state index is 4.23. The number of aromatic nitrogens is 3. The van der Waals surface area contributed by atoms with Crippen LogP contribution in [0.3, 0.4) is 0 Å². The summed E-state index contributed by atoms with van der Waals surface area (Å²) >= 11 is 0. The molecule has 2 aromatic carbocycles. The van der Waals surface area contributed by atoms with Gasteiger partial charge in [0.1, 0.15) is 12.7 Å². The van der Waals surface area contributed by atoms with Gasteiger partial charge < -0.3 is 9.62 Å². The number of nitrogens with zero attached hydrogens (tertiary/aromatic N) is 5. The highest BCUT2D eigenvalue weighted by Gasteiger charge is 2.31. The average Bonchev–Trinajstić information content (AvgIpc) is 2.96. The molecule has 0 amide bonds. The molecule has 0 aliphatic carbocycles. The number of rotatable bonds is 2. The first-order valence-electron chi connectivity index (χ1n) is 6.63. The lowest BCUT2D eigenvalue weighted by Crippen LogP contribution is -2.29. The molecule has 1 aliphatic rings. The third-order valence-corrected chi connectivity index (χ3v) is 3.36. The molecule has 0 N–H and O–H groups in total. The van der Waals surface area contributed by atoms with Crippen LogP contribution in [0.25, 0.3) is 0 Å². The van der Waals surface area contributed by atoms with Crippen LogP contribution >= 0.6 is 0 Å². The van der Waals surface area contributed by atoms with Crippen molar-refractivity contribution in [2.45, 2.75) is 0 Å². The molecule has 1 radical (unpaired) electrons. The highest BCUT2D eigenvalue weighted by Crippen LogP contribution is 2.41. The van der Waals surface area contributed by atoms with Crippen LogP contribution in [-0.4, -0.2) is 22.5 Å². The molecule has 0 saturated carbocycles. The SMILES string of the molecule is [B]1N(c2ccccc2)c2ccccc2N1c1ncncn1. The minimum Gasteiger partial charge on any atom is -0.367 e. The average molecular weight is 272 g/mol. The van der Waals surface area contributed by atoms with Crippen LogP contribution in [0.15, 0.2) is 67.3 Å². The zero-order chi connectivity index (χ0) is 14.1. The summed E-state index contributed by atoms with van der Waals surface area (Å²) in [5, 5.41) is 0. The van der Waals surface area contributed by atoms with E-state index in [4.69, 9.17) is 0 Å². The Balaban J connectivity index is 1.81. The van der Waals surface area contributed by atoms with E-state index in [0.29, 0.717) is 5.95 Å². The molecule has 2 heterocycles. The molecule has 0 saturated heterocycles. The Kier molecular flexibility index (Phi) is 2.78. The molecule has 4 rings (SSSR count). The van der Waals surface area contributed by atoms with Crippen molar-refractivity contribution in [2.24, 2.45) is 0 Å². The van der Waals surface area contributed by atoms with Crippen molar-refractivity contribution in [1.82, 2.24) is 15.0 Å². The van der Waals surface area contributed by atoms with Crippen LogP contribution in [0, 0.1) is 0 Å². The maximum Gasteiger partial charge on any atom is 0.403 e. The predicted molar refractivity (Wildman–Crippen MR) is 82.7 cm³/mol. The van der Waals surface area contributed by atoms with Gasteiger partial charge in [0, 0.05) is 5.69 Å². The number of anilines is 4. The third-order valence-electron chi connectivity index (χ3n) is 3.36. The fourth-order valence-electron chi connectivity index (χ4n) is 2.42. The summed E-state index contributed by atoms with van der Waals surface area (Å²) < 4.78 is 0. The normalized spacial score (nSPS) is 13.0. The van der Waals surface area contributed by atoms with Crippen LogP contribution in [-0.2, 0) is 0 Å². The summed E-state index contributed by atoms with van der Waals surface area (Å²) in [4.78, 5) is 16.4. The fraction of sp³-hybridized carbons (Fsp3) is 0. The predicted octanol–water partition coefficient (Wildman–Crippen LogP) is 2.70. The highest BCUT2D eigenvalue weighted by molar-refractivity contribution is 6.54. The Morgan fingerprint density at radius 3 is 2.05 bits per heavy atom. The summed E-state index contributed by atoms with van der Waals surface area (Å²) in [6.45, 7) is 0. The van der Waals surface area contributed by atoms with Crippen LogP contribution in [0.5, 0.6) is 0 Å². The lowest BCUT2D eigenvalue weighted by molar-refractivity contribution is 1.03. The molecular formula is C15H11BN5. The zero-order valence-corrected chi connectivity index (χ0v) is 11.2. The summed E-state index contributed by atoms with van der Waals surface area (Å²) in [6.07, 6.45) is 3.01. The Morgan fingerprint density at radius 2 is 1.33 bits per heavy atom. The number of benzene rings is 2. The van der Waals surface area contributed by atoms with Crippen LogP contribution in [0.4, 0.5) is 23.0 Å². The molecule has 1 aliphatic heterocycles. The minimum atomic E-state index is 0.607. The van der Waals surface area contributed by atoms with Gasteiger partial charge in [-0.3, -0.25) is 0 Å². The van der Waals surface area contributed by atoms with Crippen LogP contribution in [0.2, 0.25) is 0 Å². The highest BCUT2D eigenvalue weighted by atomic mass is 15.3. The first-order valence-corrected chi connectivity index (χ1v) is 6.63. The lowest BCUT2D eigenvalue weighted by Gasteiger charge is -2.18. The molecule has 0 fully saturated rings. The summed E-state index contributed by atoms with van der Waals surface area (Å²) in [6, 6.07) is 18.4. The third kappa shape index (κ3) is 2.01. The van der Waals surface area contributed by atoms with Crippen molar-refractivity contribution in [3.05, 3.63) is 67.3 Å². The van der Waals surface area contributed by atoms with Crippen LogP contribution < -0.4 is 9.62 Å². The molecular weight excluding hydrogens is 261 g/mol. The molecule has 99 valence electrons. The van der Waals surface area contributed by atoms with E-state index in [1.807, 2.05) is 42.7 Å². The van der Waals surface area contributed by atoms with Crippen molar-refractivity contribution in [3.63, 3.8) is 0 Å². The number of hydrogen-bond donors (Lipinski definition) is 0. The van der Waals surface area contributed by atoms with Gasteiger partial charge in [0.2, 0.25) is 5.95 Å². The monoisotopic (exact) mass is 272 g/mol. The largest absolute Gasteiger partial charge is 0.403 e. The molecule has 21 heavy (non-hydrogen) atoms. The van der Waals surface area contributed by atoms with Gasteiger partial charge in [-0.1, -0.05) is 30.3 Å². The molecule has 0 unspecified atom stereocenters. The second-order valence-electron chi connectivity index (χ2n) is 4.62. The van der Waals surface area contributed by atoms with E-state index in [1.165, 1.54) is 12.7 Å². The second kappa shape index (κ2) is 4.90. The first kappa shape index (κ1) is 11.9. The van der Waals surface area contributed by atoms with Crippen molar-refractivity contribution in [2.75, 3.05) is 9.62 Å². The summed E-state index contributed by atoms with van der Waals surface area (Å²) in [5.74, 6) is 0.607. The van der Waals surface area contributed by atoms with Crippen molar-refractivity contribution in [1.29, 1.82) is 0 Å². The Labute approximate surface area is 123 Å². The van der Waals surface area contributed by atoms with E-state index in [2.05, 4.69) is 44.0 Å². The topological polar surface area (TPSA) is 45.2 Å². The smallest absolute Gasteiger partial charge is 0.367 e. The Morgan fingerprint density at radius 1 is 0.714 bits per heavy atom. The second-order valence-corrected chi connectivity index (χ2v) is 4.62. The number of fused-ring (bicyclic) bond motifs is 1. The van der Waals surface area contributed by atoms with Gasteiger partial charge in [-0.25, -0.2) is 15.0 Å². The fourth-order valence-corrected chi connectivity index (χ4v) is 2.42. The molecule has 0 spiro atoms. The van der Waals surface area contributed by atoms with Gasteiger partial charge in [-0.15, -0.1) is 0 Å². The Hall–Kier alpha value is -2.89. The van der Waals surface area contributed by atoms with E-state index in [9.17, 15) is 0 Å². The van der Waals surface area contributed by atoms with Crippen molar-refractivity contribution < 1.29 is 0 Å². The standard InChI is InChI=1S/C15H11BN5/c1-2-6-12(7-3-1)20-13-8-4-5-9-14(13)21(16-20)15-18-10-17-11-19-15/h1-11H. The van der Waals surface area contributed by atoms with Crippen molar-refractivity contribution in [3.8, 4) is 0 Å². The Bertz CT molecular complexity index is 686. The van der Waals surface area contributed by atoms with Crippen LogP contribution in [0.1, 0.15) is 0 Å². The molecule has 0 bridgehead atoms. The van der Waals surface area contributed by atoms with E-state index in [0.717, 1.165) is 17.1 Å². The summed E-state index contributed by atoms with van der Waals surface area (Å²) in [5.41, 5.74) is 3.25. The number of para-hydroxylation sites is 3. The van der Waals surface area contributed by atoms with Gasteiger partial charge in [0.15, 0.2) is 0 Å². The van der Waals surface area contributed by atoms with E-state index in [-0.39, 0.29) is 0 Å². The maximum atomic E-state index is 4.23. The minimum absolute atomic E-state index is 0.607. The zero-order valence-electron chi connectivity index (χ0n) is 11.2. The van der Waals surface area contributed by atoms with Gasteiger partial charge in [-0.05, 0) is 24.3 Å². The molecule has 0 atom stereocenters. The van der Waals surface area contributed by atoms with Gasteiger partial charge in [0.05, 0.1) is 11.4 Å². The first-order chi connectivity index (χ1) is 10.4. The van der Waals surface area contributed by atoms with Gasteiger partial charge in [-0.2, -0.15) is 0 Å². The van der Waals surface area contributed by atoms with E-state index >= 15 is 0 Å². The van der Waals surface area contributed by atoms with E-state index in [1.54, 1.807) is 0 Å². The quantitative estimate of drug-likeness (QED) is 0.671. The molecule has 1 aromatic heterocycles. The molecule has 6 heteroatoms. The molecule has 5 nitrogen and oxygen atoms in total. The van der Waals surface area contributed by atoms with Crippen molar-refractivity contribution >= 4 is 30.6 Å². The molecule has 3 aromatic rings.